The number of likely N-dealkylation sites (N-methyl/N-ethyl adjacent to an activating group) is 1. The molecule has 0 radical (unpaired) electrons. The minimum absolute atomic E-state index is 0.144. The van der Waals surface area contributed by atoms with Crippen molar-refractivity contribution >= 4 is 65.5 Å². The van der Waals surface area contributed by atoms with Gasteiger partial charge in [-0.2, -0.15) is 0 Å². The van der Waals surface area contributed by atoms with E-state index >= 15 is 0 Å². The molecule has 0 heterocycles. The smallest absolute Gasteiger partial charge is 0.239 e. The van der Waals surface area contributed by atoms with E-state index in [1.807, 2.05) is 0 Å². The number of nitrogens with one attached hydrogen (secondary N) is 6. The van der Waals surface area contributed by atoms with Crippen LogP contribution >= 0.6 is 0 Å². The fraction of sp³-hybridized carbons (Fsp3) is 0.694. The molecule has 0 aromatic carbocycles. The predicted octanol–water partition coefficient (Wildman–Crippen LogP) is -4.09. The standard InChI is InChI=1S/C36H63N11O10/c1-6-20(2)28(19-50)45-27(16-29(53)33(41-5)46-25(11-7-8-12-37)32(56)22(4)52)35(57)47-34(44-24(18-49)14-31(38)55)30(54)15-26(21(3)51)43-23(17-48)10-9-13-42-36(39)40/h17-20,23-28,33-34,41,43-46H,6-16,37H2,1-5H3,(H2,38,55)(H,47,57)(H4,39,40,42)/t20-,23-,24-,25-,26+,27+,28+,33-,34+/m0/s1. The monoisotopic (exact) mass is 809 g/mol. The maximum absolute atomic E-state index is 14.1. The van der Waals surface area contributed by atoms with Crippen molar-refractivity contribution in [2.75, 3.05) is 20.1 Å². The Morgan fingerprint density at radius 2 is 1.32 bits per heavy atom. The van der Waals surface area contributed by atoms with Gasteiger partial charge in [-0.1, -0.05) is 26.7 Å². The molecule has 9 atom stereocenters. The lowest BCUT2D eigenvalue weighted by Crippen LogP contribution is -2.62. The summed E-state index contributed by atoms with van der Waals surface area (Å²) >= 11 is 0. The summed E-state index contributed by atoms with van der Waals surface area (Å²) in [5.41, 5.74) is 21.5. The van der Waals surface area contributed by atoms with Crippen molar-refractivity contribution in [2.45, 2.75) is 134 Å². The molecule has 21 nitrogen and oxygen atoms in total. The van der Waals surface area contributed by atoms with Crippen LogP contribution in [0.15, 0.2) is 4.99 Å². The molecule has 21 heteroatoms. The van der Waals surface area contributed by atoms with Gasteiger partial charge < -0.3 is 42.6 Å². The van der Waals surface area contributed by atoms with Crippen molar-refractivity contribution in [3.05, 3.63) is 0 Å². The Bertz CT molecular complexity index is 1410. The van der Waals surface area contributed by atoms with Gasteiger partial charge in [-0.3, -0.25) is 65.1 Å². The quantitative estimate of drug-likeness (QED) is 0.00726. The number of rotatable bonds is 35. The fourth-order valence-corrected chi connectivity index (χ4v) is 5.58. The largest absolute Gasteiger partial charge is 0.370 e. The minimum atomic E-state index is -1.76. The molecule has 0 aliphatic heterocycles. The maximum atomic E-state index is 14.1. The summed E-state index contributed by atoms with van der Waals surface area (Å²) in [6.07, 6.45) is -1.21. The second-order valence-electron chi connectivity index (χ2n) is 13.8. The lowest BCUT2D eigenvalue weighted by Gasteiger charge is -2.30. The van der Waals surface area contributed by atoms with Crippen molar-refractivity contribution in [1.29, 1.82) is 0 Å². The number of Topliss-reactive ketones (excluding diaryl/α,β-unsaturated/α-hetero) is 5. The van der Waals surface area contributed by atoms with Crippen LogP contribution in [0.2, 0.25) is 0 Å². The summed E-state index contributed by atoms with van der Waals surface area (Å²) in [7, 11) is 1.41. The van der Waals surface area contributed by atoms with Gasteiger partial charge in [0.25, 0.3) is 0 Å². The topological polar surface area (TPSA) is 359 Å². The van der Waals surface area contributed by atoms with Crippen molar-refractivity contribution in [2.24, 2.45) is 33.8 Å². The van der Waals surface area contributed by atoms with Crippen LogP contribution in [-0.2, 0) is 47.9 Å². The molecule has 0 spiro atoms. The number of guanidine groups is 1. The molecule has 0 aliphatic rings. The predicted molar refractivity (Wildman–Crippen MR) is 210 cm³/mol. The normalized spacial score (nSPS) is 15.9. The van der Waals surface area contributed by atoms with Crippen molar-refractivity contribution < 1.29 is 47.9 Å². The summed E-state index contributed by atoms with van der Waals surface area (Å²) < 4.78 is 0. The Kier molecular flexibility index (Phi) is 26.3. The molecule has 2 amide bonds. The zero-order chi connectivity index (χ0) is 43.7. The van der Waals surface area contributed by atoms with Crippen LogP contribution in [0.5, 0.6) is 0 Å². The molecule has 0 saturated carbocycles. The number of hydrogen-bond donors (Lipinski definition) is 10. The summed E-state index contributed by atoms with van der Waals surface area (Å²) in [6.45, 7) is 6.35. The third-order valence-corrected chi connectivity index (χ3v) is 9.13. The zero-order valence-corrected chi connectivity index (χ0v) is 33.5. The molecule has 0 unspecified atom stereocenters. The molecule has 14 N–H and O–H groups in total. The van der Waals surface area contributed by atoms with Crippen molar-refractivity contribution in [3.63, 3.8) is 0 Å². The van der Waals surface area contributed by atoms with Gasteiger partial charge in [-0.15, -0.1) is 0 Å². The van der Waals surface area contributed by atoms with Crippen LogP contribution in [0.1, 0.15) is 85.5 Å². The first-order valence-corrected chi connectivity index (χ1v) is 18.9. The van der Waals surface area contributed by atoms with Gasteiger partial charge in [0.05, 0.1) is 36.3 Å². The van der Waals surface area contributed by atoms with Gasteiger partial charge in [-0.05, 0) is 52.1 Å². The summed E-state index contributed by atoms with van der Waals surface area (Å²) in [5, 5.41) is 16.2. The molecule has 0 aliphatic carbocycles. The lowest BCUT2D eigenvalue weighted by molar-refractivity contribution is -0.137. The Labute approximate surface area is 333 Å². The van der Waals surface area contributed by atoms with E-state index in [0.29, 0.717) is 44.8 Å². The molecule has 0 rings (SSSR count). The molecular weight excluding hydrogens is 746 g/mol. The second kappa shape index (κ2) is 28.7. The highest BCUT2D eigenvalue weighted by Crippen LogP contribution is 2.11. The highest BCUT2D eigenvalue weighted by atomic mass is 16.2. The minimum Gasteiger partial charge on any atom is -0.370 e. The highest BCUT2D eigenvalue weighted by Gasteiger charge is 2.35. The van der Waals surface area contributed by atoms with Crippen molar-refractivity contribution in [1.82, 2.24) is 31.9 Å². The number of amides is 2. The Balaban J connectivity index is 6.70. The first-order chi connectivity index (χ1) is 26.9. The Morgan fingerprint density at radius 1 is 0.702 bits per heavy atom. The molecule has 0 aromatic rings. The number of nitrogens with two attached hydrogens (primary N) is 4. The number of carbonyl (C=O) groups excluding carboxylic acids is 10. The van der Waals surface area contributed by atoms with Crippen LogP contribution in [0.3, 0.4) is 0 Å². The number of unbranched alkanes of at least 4 members (excludes halogenated alkanes) is 1. The molecule has 0 bridgehead atoms. The zero-order valence-electron chi connectivity index (χ0n) is 33.5. The van der Waals surface area contributed by atoms with Gasteiger partial charge in [0.15, 0.2) is 23.3 Å². The van der Waals surface area contributed by atoms with Gasteiger partial charge >= 0.3 is 0 Å². The van der Waals surface area contributed by atoms with E-state index in [0.717, 1.165) is 6.92 Å². The number of hydrogen-bond acceptors (Lipinski definition) is 17. The average molecular weight is 810 g/mol. The SMILES string of the molecule is CC[C@H](C)[C@@H](C=O)N[C@H](CC(=O)[C@@H](NC)N[C@@H](CCCCN)C(=O)C(C)=O)C(=O)N[C@@H](N[C@H](C=O)CC(N)=O)C(=O)C[C@@H](N[C@H](C=O)CCCN=C(N)N)C(C)=O. The van der Waals surface area contributed by atoms with E-state index in [2.05, 4.69) is 36.9 Å². The maximum Gasteiger partial charge on any atom is 0.239 e. The van der Waals surface area contributed by atoms with Crippen molar-refractivity contribution in [3.8, 4) is 0 Å². The van der Waals surface area contributed by atoms with Crippen LogP contribution in [0.25, 0.3) is 0 Å². The molecule has 0 aromatic heterocycles. The van der Waals surface area contributed by atoms with Crippen LogP contribution < -0.4 is 54.8 Å². The third kappa shape index (κ3) is 20.9. The molecule has 322 valence electrons. The van der Waals surface area contributed by atoms with E-state index in [-0.39, 0.29) is 37.6 Å². The van der Waals surface area contributed by atoms with E-state index in [4.69, 9.17) is 22.9 Å². The Hall–Kier alpha value is -4.67. The van der Waals surface area contributed by atoms with E-state index in [1.165, 1.54) is 14.0 Å². The summed E-state index contributed by atoms with van der Waals surface area (Å²) in [6, 6.07) is -7.06. The second-order valence-corrected chi connectivity index (χ2v) is 13.8. The summed E-state index contributed by atoms with van der Waals surface area (Å²) in [4.78, 5) is 131. The average Bonchev–Trinajstić information content (AvgIpc) is 3.16. The molecule has 0 fully saturated rings. The number of aliphatic imine (C=N–C) groups is 1. The highest BCUT2D eigenvalue weighted by molar-refractivity contribution is 6.38. The van der Waals surface area contributed by atoms with Crippen LogP contribution in [-0.4, -0.2) is 134 Å². The van der Waals surface area contributed by atoms with Crippen LogP contribution in [0, 0.1) is 5.92 Å². The first-order valence-electron chi connectivity index (χ1n) is 18.9. The molecule has 0 saturated heterocycles. The first kappa shape index (κ1) is 52.3. The van der Waals surface area contributed by atoms with Gasteiger partial charge in [-0.25, -0.2) is 0 Å². The van der Waals surface area contributed by atoms with Gasteiger partial charge in [0, 0.05) is 32.7 Å². The number of nitrogens with zero attached hydrogens (tertiary/aromatic N) is 1. The lowest BCUT2D eigenvalue weighted by atomic mass is 9.97. The van der Waals surface area contributed by atoms with Gasteiger partial charge in [0.2, 0.25) is 17.6 Å². The van der Waals surface area contributed by atoms with E-state index in [1.54, 1.807) is 13.8 Å². The van der Waals surface area contributed by atoms with Crippen LogP contribution in [0.4, 0.5) is 0 Å². The fourth-order valence-electron chi connectivity index (χ4n) is 5.58. The summed E-state index contributed by atoms with van der Waals surface area (Å²) in [5.74, 6) is -5.97. The number of primary amides is 1. The molecular formula is C36H63N11O10. The molecule has 57 heavy (non-hydrogen) atoms. The third-order valence-electron chi connectivity index (χ3n) is 9.13. The Morgan fingerprint density at radius 3 is 1.81 bits per heavy atom. The van der Waals surface area contributed by atoms with Gasteiger partial charge in [0.1, 0.15) is 37.0 Å². The number of ketones is 5. The van der Waals surface area contributed by atoms with E-state index in [9.17, 15) is 47.9 Å². The number of carbonyl (C=O) groups is 10. The van der Waals surface area contributed by atoms with E-state index < -0.39 is 109 Å². The number of aldehydes is 3.